The molecule has 0 atom stereocenters. The predicted octanol–water partition coefficient (Wildman–Crippen LogP) is 5.25. The molecule has 106 valence electrons. The molecule has 2 aromatic carbocycles. The van der Waals surface area contributed by atoms with Gasteiger partial charge < -0.3 is 10.1 Å². The maximum atomic E-state index is 13.4. The van der Waals surface area contributed by atoms with Crippen LogP contribution < -0.4 is 10.1 Å². The Morgan fingerprint density at radius 3 is 2.40 bits per heavy atom. The smallest absolute Gasteiger partial charge is 0.141 e. The van der Waals surface area contributed by atoms with E-state index >= 15 is 0 Å². The summed E-state index contributed by atoms with van der Waals surface area (Å²) < 4.78 is 20.5. The summed E-state index contributed by atoms with van der Waals surface area (Å²) >= 11 is 6.63. The highest BCUT2D eigenvalue weighted by Crippen LogP contribution is 2.29. The van der Waals surface area contributed by atoms with Crippen LogP contribution >= 0.6 is 31.9 Å². The molecule has 0 amide bonds. The standard InChI is InChI=1S/C15H14Br2FNO/c1-2-19-9-10-3-4-11(7-14(10)17)20-12-5-6-13(16)15(18)8-12/h3-8,19H,2,9H2,1H3. The molecular formula is C15H14Br2FNO. The molecular weight excluding hydrogens is 389 g/mol. The number of rotatable bonds is 5. The number of benzene rings is 2. The second-order valence-corrected chi connectivity index (χ2v) is 5.92. The molecule has 0 saturated heterocycles. The van der Waals surface area contributed by atoms with Crippen molar-refractivity contribution in [3.8, 4) is 11.5 Å². The third-order valence-electron chi connectivity index (χ3n) is 2.72. The van der Waals surface area contributed by atoms with E-state index < -0.39 is 0 Å². The first-order valence-electron chi connectivity index (χ1n) is 6.22. The van der Waals surface area contributed by atoms with Crippen LogP contribution in [-0.4, -0.2) is 6.54 Å². The van der Waals surface area contributed by atoms with E-state index in [9.17, 15) is 4.39 Å². The maximum Gasteiger partial charge on any atom is 0.141 e. The van der Waals surface area contributed by atoms with Crippen LogP contribution in [0.3, 0.4) is 0 Å². The van der Waals surface area contributed by atoms with Gasteiger partial charge in [-0.3, -0.25) is 0 Å². The lowest BCUT2D eigenvalue weighted by molar-refractivity contribution is 0.475. The van der Waals surface area contributed by atoms with Crippen molar-refractivity contribution in [3.63, 3.8) is 0 Å². The molecule has 0 aromatic heterocycles. The first-order valence-corrected chi connectivity index (χ1v) is 7.81. The zero-order valence-electron chi connectivity index (χ0n) is 10.9. The molecule has 0 bridgehead atoms. The van der Waals surface area contributed by atoms with E-state index in [4.69, 9.17) is 4.74 Å². The molecule has 0 aliphatic heterocycles. The Kier molecular flexibility index (Phi) is 5.57. The summed E-state index contributed by atoms with van der Waals surface area (Å²) in [6, 6.07) is 10.4. The van der Waals surface area contributed by atoms with Crippen molar-refractivity contribution in [2.24, 2.45) is 0 Å². The maximum absolute atomic E-state index is 13.4. The summed E-state index contributed by atoms with van der Waals surface area (Å²) in [7, 11) is 0. The highest BCUT2D eigenvalue weighted by Gasteiger charge is 2.05. The lowest BCUT2D eigenvalue weighted by Gasteiger charge is -2.10. The predicted molar refractivity (Wildman–Crippen MR) is 85.7 cm³/mol. The summed E-state index contributed by atoms with van der Waals surface area (Å²) in [6.07, 6.45) is 0. The van der Waals surface area contributed by atoms with Crippen LogP contribution in [0, 0.1) is 5.82 Å². The summed E-state index contributed by atoms with van der Waals surface area (Å²) in [4.78, 5) is 0. The molecule has 0 aliphatic rings. The van der Waals surface area contributed by atoms with Crippen LogP contribution in [0.4, 0.5) is 4.39 Å². The van der Waals surface area contributed by atoms with E-state index in [-0.39, 0.29) is 5.82 Å². The number of hydrogen-bond acceptors (Lipinski definition) is 2. The van der Waals surface area contributed by atoms with E-state index in [0.717, 1.165) is 23.1 Å². The van der Waals surface area contributed by atoms with E-state index in [1.165, 1.54) is 6.07 Å². The van der Waals surface area contributed by atoms with Crippen molar-refractivity contribution < 1.29 is 9.13 Å². The molecule has 0 saturated carbocycles. The van der Waals surface area contributed by atoms with E-state index in [1.807, 2.05) is 18.2 Å². The van der Waals surface area contributed by atoms with Gasteiger partial charge in [0.15, 0.2) is 0 Å². The number of halogens is 3. The molecule has 0 radical (unpaired) electrons. The van der Waals surface area contributed by atoms with Crippen molar-refractivity contribution in [2.45, 2.75) is 13.5 Å². The monoisotopic (exact) mass is 401 g/mol. The fraction of sp³-hybridized carbons (Fsp3) is 0.200. The fourth-order valence-corrected chi connectivity index (χ4v) is 2.42. The van der Waals surface area contributed by atoms with Gasteiger partial charge >= 0.3 is 0 Å². The Bertz CT molecular complexity index is 604. The second-order valence-electron chi connectivity index (χ2n) is 4.21. The normalized spacial score (nSPS) is 10.6. The average Bonchev–Trinajstić information content (AvgIpc) is 2.42. The van der Waals surface area contributed by atoms with Gasteiger partial charge in [0.1, 0.15) is 17.3 Å². The highest BCUT2D eigenvalue weighted by molar-refractivity contribution is 9.10. The van der Waals surface area contributed by atoms with Crippen molar-refractivity contribution in [3.05, 3.63) is 56.7 Å². The zero-order valence-corrected chi connectivity index (χ0v) is 14.1. The van der Waals surface area contributed by atoms with Crippen LogP contribution in [0.15, 0.2) is 45.3 Å². The molecule has 2 aromatic rings. The van der Waals surface area contributed by atoms with Gasteiger partial charge in [0.2, 0.25) is 0 Å². The van der Waals surface area contributed by atoms with Crippen LogP contribution in [0.25, 0.3) is 0 Å². The van der Waals surface area contributed by atoms with Crippen molar-refractivity contribution in [1.29, 1.82) is 0 Å². The average molecular weight is 403 g/mol. The molecule has 2 nitrogen and oxygen atoms in total. The number of ether oxygens (including phenoxy) is 1. The molecule has 0 fully saturated rings. The summed E-state index contributed by atoms with van der Waals surface area (Å²) in [5, 5.41) is 3.26. The molecule has 0 spiro atoms. The SMILES string of the molecule is CCNCc1ccc(Oc2ccc(Br)c(F)c2)cc1Br. The van der Waals surface area contributed by atoms with Gasteiger partial charge in [0.25, 0.3) is 0 Å². The molecule has 0 aliphatic carbocycles. The Morgan fingerprint density at radius 1 is 1.05 bits per heavy atom. The van der Waals surface area contributed by atoms with Crippen LogP contribution in [0.1, 0.15) is 12.5 Å². The van der Waals surface area contributed by atoms with Gasteiger partial charge in [0.05, 0.1) is 4.47 Å². The Hall–Kier alpha value is -0.910. The zero-order chi connectivity index (χ0) is 14.5. The van der Waals surface area contributed by atoms with Gasteiger partial charge in [-0.15, -0.1) is 0 Å². The lowest BCUT2D eigenvalue weighted by atomic mass is 10.2. The topological polar surface area (TPSA) is 21.3 Å². The Balaban J connectivity index is 2.13. The molecule has 0 unspecified atom stereocenters. The quantitative estimate of drug-likeness (QED) is 0.737. The summed E-state index contributed by atoms with van der Waals surface area (Å²) in [5.41, 5.74) is 1.15. The van der Waals surface area contributed by atoms with E-state index in [1.54, 1.807) is 12.1 Å². The molecule has 2 rings (SSSR count). The minimum absolute atomic E-state index is 0.342. The molecule has 1 N–H and O–H groups in total. The Morgan fingerprint density at radius 2 is 1.75 bits per heavy atom. The number of nitrogens with one attached hydrogen (secondary N) is 1. The number of hydrogen-bond donors (Lipinski definition) is 1. The van der Waals surface area contributed by atoms with Crippen LogP contribution in [-0.2, 0) is 6.54 Å². The third-order valence-corrected chi connectivity index (χ3v) is 4.10. The fourth-order valence-electron chi connectivity index (χ4n) is 1.67. The molecule has 20 heavy (non-hydrogen) atoms. The third kappa shape index (κ3) is 4.04. The molecule has 5 heteroatoms. The van der Waals surface area contributed by atoms with Crippen molar-refractivity contribution in [1.82, 2.24) is 5.32 Å². The second kappa shape index (κ2) is 7.20. The first kappa shape index (κ1) is 15.5. The van der Waals surface area contributed by atoms with Gasteiger partial charge in [0, 0.05) is 17.1 Å². The van der Waals surface area contributed by atoms with Gasteiger partial charge in [-0.25, -0.2) is 4.39 Å². The first-order chi connectivity index (χ1) is 9.60. The van der Waals surface area contributed by atoms with Crippen LogP contribution in [0.2, 0.25) is 0 Å². The van der Waals surface area contributed by atoms with E-state index in [0.29, 0.717) is 16.0 Å². The molecule has 0 heterocycles. The summed E-state index contributed by atoms with van der Waals surface area (Å²) in [5.74, 6) is 0.793. The van der Waals surface area contributed by atoms with Gasteiger partial charge in [-0.2, -0.15) is 0 Å². The lowest BCUT2D eigenvalue weighted by Crippen LogP contribution is -2.11. The highest BCUT2D eigenvalue weighted by atomic mass is 79.9. The minimum atomic E-state index is -0.342. The van der Waals surface area contributed by atoms with Crippen molar-refractivity contribution in [2.75, 3.05) is 6.54 Å². The van der Waals surface area contributed by atoms with E-state index in [2.05, 4.69) is 44.1 Å². The summed E-state index contributed by atoms with van der Waals surface area (Å²) in [6.45, 7) is 3.78. The van der Waals surface area contributed by atoms with Gasteiger partial charge in [-0.05, 0) is 52.3 Å². The van der Waals surface area contributed by atoms with Crippen LogP contribution in [0.5, 0.6) is 11.5 Å². The van der Waals surface area contributed by atoms with Crippen molar-refractivity contribution >= 4 is 31.9 Å². The Labute approximate surface area is 134 Å². The largest absolute Gasteiger partial charge is 0.457 e. The van der Waals surface area contributed by atoms with Gasteiger partial charge in [-0.1, -0.05) is 28.9 Å². The minimum Gasteiger partial charge on any atom is -0.457 e.